The highest BCUT2D eigenvalue weighted by atomic mass is 19.1. The van der Waals surface area contributed by atoms with Gasteiger partial charge in [0.15, 0.2) is 11.6 Å². The van der Waals surface area contributed by atoms with Gasteiger partial charge in [0.2, 0.25) is 17.7 Å². The third-order valence-corrected chi connectivity index (χ3v) is 6.75. The average molecular weight is 484 g/mol. The van der Waals surface area contributed by atoms with Crippen LogP contribution in [0.25, 0.3) is 0 Å². The zero-order valence-corrected chi connectivity index (χ0v) is 20.0. The zero-order chi connectivity index (χ0) is 25.0. The Morgan fingerprint density at radius 2 is 1.94 bits per heavy atom. The first-order valence-corrected chi connectivity index (χ1v) is 11.7. The maximum Gasteiger partial charge on any atom is 0.246 e. The fourth-order valence-electron chi connectivity index (χ4n) is 4.83. The van der Waals surface area contributed by atoms with Crippen LogP contribution in [0, 0.1) is 5.82 Å². The Labute approximate surface area is 204 Å². The number of amides is 3. The number of benzene rings is 2. The summed E-state index contributed by atoms with van der Waals surface area (Å²) in [5, 5.41) is 3.04. The molecular weight excluding hydrogens is 453 g/mol. The highest BCUT2D eigenvalue weighted by Gasteiger charge is 2.39. The van der Waals surface area contributed by atoms with Crippen LogP contribution in [0.2, 0.25) is 0 Å². The van der Waals surface area contributed by atoms with E-state index in [1.54, 1.807) is 35.1 Å². The molecule has 186 valence electrons. The summed E-state index contributed by atoms with van der Waals surface area (Å²) in [5.74, 6) is 0.0188. The van der Waals surface area contributed by atoms with Crippen molar-refractivity contribution in [2.75, 3.05) is 38.8 Å². The van der Waals surface area contributed by atoms with Gasteiger partial charge in [-0.15, -0.1) is 0 Å². The number of nitrogens with one attached hydrogen (secondary N) is 1. The Bertz CT molecular complexity index is 1120. The van der Waals surface area contributed by atoms with Gasteiger partial charge in [-0.25, -0.2) is 4.39 Å². The van der Waals surface area contributed by atoms with E-state index in [1.165, 1.54) is 13.2 Å². The molecule has 2 aromatic rings. The van der Waals surface area contributed by atoms with Gasteiger partial charge in [0.05, 0.1) is 14.2 Å². The molecule has 1 N–H and O–H groups in total. The second kappa shape index (κ2) is 10.3. The van der Waals surface area contributed by atoms with Gasteiger partial charge in [-0.1, -0.05) is 12.1 Å². The minimum Gasteiger partial charge on any atom is -0.497 e. The summed E-state index contributed by atoms with van der Waals surface area (Å²) in [6.45, 7) is 0.829. The molecule has 4 rings (SSSR count). The fourth-order valence-corrected chi connectivity index (χ4v) is 4.83. The molecule has 2 aromatic carbocycles. The molecule has 35 heavy (non-hydrogen) atoms. The van der Waals surface area contributed by atoms with Crippen molar-refractivity contribution in [1.29, 1.82) is 0 Å². The predicted molar refractivity (Wildman–Crippen MR) is 128 cm³/mol. The van der Waals surface area contributed by atoms with E-state index < -0.39 is 11.4 Å². The van der Waals surface area contributed by atoms with E-state index in [1.807, 2.05) is 18.2 Å². The SMILES string of the molecule is COc1cccc(N2CCN(C(=O)CC[C@]3(Cc4ccc(F)c(OC)c4)CCC(=O)N3)CC2=O)c1. The molecule has 1 atom stereocenters. The number of hydrogen-bond donors (Lipinski definition) is 1. The van der Waals surface area contributed by atoms with Crippen LogP contribution in [-0.4, -0.2) is 62.0 Å². The minimum atomic E-state index is -0.595. The molecule has 2 heterocycles. The summed E-state index contributed by atoms with van der Waals surface area (Å²) in [6, 6.07) is 11.9. The monoisotopic (exact) mass is 483 g/mol. The van der Waals surface area contributed by atoms with E-state index in [4.69, 9.17) is 9.47 Å². The molecular formula is C26H30FN3O5. The number of nitrogens with zero attached hydrogens (tertiary/aromatic N) is 2. The van der Waals surface area contributed by atoms with Crippen molar-refractivity contribution in [2.24, 2.45) is 0 Å². The molecule has 0 aliphatic carbocycles. The van der Waals surface area contributed by atoms with Gasteiger partial charge in [0.25, 0.3) is 0 Å². The van der Waals surface area contributed by atoms with Crippen LogP contribution in [0.1, 0.15) is 31.2 Å². The molecule has 0 aromatic heterocycles. The highest BCUT2D eigenvalue weighted by Crippen LogP contribution is 2.32. The zero-order valence-electron chi connectivity index (χ0n) is 20.0. The highest BCUT2D eigenvalue weighted by molar-refractivity contribution is 5.98. The molecule has 2 aliphatic heterocycles. The normalized spacial score (nSPS) is 20.1. The fraction of sp³-hybridized carbons (Fsp3) is 0.423. The van der Waals surface area contributed by atoms with Crippen LogP contribution >= 0.6 is 0 Å². The van der Waals surface area contributed by atoms with Gasteiger partial charge in [-0.05, 0) is 49.1 Å². The molecule has 3 amide bonds. The molecule has 9 heteroatoms. The van der Waals surface area contributed by atoms with Gasteiger partial charge in [-0.3, -0.25) is 14.4 Å². The summed E-state index contributed by atoms with van der Waals surface area (Å²) in [5.41, 5.74) is 0.964. The maximum atomic E-state index is 13.8. The van der Waals surface area contributed by atoms with Crippen LogP contribution in [0.15, 0.2) is 42.5 Å². The lowest BCUT2D eigenvalue weighted by Gasteiger charge is -2.35. The summed E-state index contributed by atoms with van der Waals surface area (Å²) in [7, 11) is 2.98. The predicted octanol–water partition coefficient (Wildman–Crippen LogP) is 2.69. The van der Waals surface area contributed by atoms with Crippen LogP contribution in [0.3, 0.4) is 0 Å². The number of carbonyl (C=O) groups excluding carboxylic acids is 3. The van der Waals surface area contributed by atoms with E-state index in [9.17, 15) is 18.8 Å². The summed E-state index contributed by atoms with van der Waals surface area (Å²) < 4.78 is 24.1. The lowest BCUT2D eigenvalue weighted by Crippen LogP contribution is -2.53. The number of ether oxygens (including phenoxy) is 2. The molecule has 0 bridgehead atoms. The maximum absolute atomic E-state index is 13.8. The van der Waals surface area contributed by atoms with Crippen LogP contribution in [-0.2, 0) is 20.8 Å². The molecule has 2 aliphatic rings. The third kappa shape index (κ3) is 5.55. The van der Waals surface area contributed by atoms with E-state index in [0.29, 0.717) is 44.5 Å². The number of anilines is 1. The van der Waals surface area contributed by atoms with Gasteiger partial charge >= 0.3 is 0 Å². The minimum absolute atomic E-state index is 0.00453. The quantitative estimate of drug-likeness (QED) is 0.624. The van der Waals surface area contributed by atoms with E-state index in [-0.39, 0.29) is 36.4 Å². The summed E-state index contributed by atoms with van der Waals surface area (Å²) in [4.78, 5) is 41.1. The average Bonchev–Trinajstić information content (AvgIpc) is 3.23. The van der Waals surface area contributed by atoms with Crippen molar-refractivity contribution in [2.45, 2.75) is 37.6 Å². The van der Waals surface area contributed by atoms with Crippen molar-refractivity contribution in [3.05, 3.63) is 53.8 Å². The van der Waals surface area contributed by atoms with Crippen molar-refractivity contribution in [3.8, 4) is 11.5 Å². The van der Waals surface area contributed by atoms with Gasteiger partial charge in [-0.2, -0.15) is 0 Å². The van der Waals surface area contributed by atoms with E-state index >= 15 is 0 Å². The first kappa shape index (κ1) is 24.5. The molecule has 0 spiro atoms. The van der Waals surface area contributed by atoms with Crippen molar-refractivity contribution < 1.29 is 28.2 Å². The first-order valence-electron chi connectivity index (χ1n) is 11.7. The standard InChI is InChI=1S/C26H30FN3O5/c1-34-20-5-3-4-19(15-20)30-13-12-29(17-25(30)33)24(32)9-11-26(10-8-23(31)28-26)16-18-6-7-21(27)22(14-18)35-2/h3-7,14-15H,8-13,16-17H2,1-2H3,(H,28,31)/t26-/m0/s1. The first-order chi connectivity index (χ1) is 16.8. The Hall–Kier alpha value is -3.62. The second-order valence-corrected chi connectivity index (χ2v) is 9.04. The Morgan fingerprint density at radius 3 is 2.63 bits per heavy atom. The number of piperazine rings is 1. The van der Waals surface area contributed by atoms with Crippen molar-refractivity contribution >= 4 is 23.4 Å². The molecule has 8 nitrogen and oxygen atoms in total. The topological polar surface area (TPSA) is 88.2 Å². The number of halogens is 1. The Balaban J connectivity index is 1.39. The van der Waals surface area contributed by atoms with E-state index in [0.717, 1.165) is 11.3 Å². The molecule has 2 saturated heterocycles. The smallest absolute Gasteiger partial charge is 0.246 e. The Morgan fingerprint density at radius 1 is 1.11 bits per heavy atom. The third-order valence-electron chi connectivity index (χ3n) is 6.75. The molecule has 0 radical (unpaired) electrons. The van der Waals surface area contributed by atoms with Crippen molar-refractivity contribution in [3.63, 3.8) is 0 Å². The Kier molecular flexibility index (Phi) is 7.23. The summed E-state index contributed by atoms with van der Waals surface area (Å²) in [6.07, 6.45) is 2.06. The summed E-state index contributed by atoms with van der Waals surface area (Å²) >= 11 is 0. The van der Waals surface area contributed by atoms with Crippen LogP contribution < -0.4 is 19.7 Å². The van der Waals surface area contributed by atoms with Gasteiger partial charge < -0.3 is 24.6 Å². The van der Waals surface area contributed by atoms with Crippen LogP contribution in [0.5, 0.6) is 11.5 Å². The molecule has 2 fully saturated rings. The second-order valence-electron chi connectivity index (χ2n) is 9.04. The largest absolute Gasteiger partial charge is 0.497 e. The van der Waals surface area contributed by atoms with Crippen LogP contribution in [0.4, 0.5) is 10.1 Å². The molecule has 0 unspecified atom stereocenters. The lowest BCUT2D eigenvalue weighted by molar-refractivity contribution is -0.137. The number of hydrogen-bond acceptors (Lipinski definition) is 5. The number of methoxy groups -OCH3 is 2. The van der Waals surface area contributed by atoms with Crippen molar-refractivity contribution in [1.82, 2.24) is 10.2 Å². The molecule has 0 saturated carbocycles. The number of carbonyl (C=O) groups is 3. The van der Waals surface area contributed by atoms with Gasteiger partial charge in [0, 0.05) is 43.2 Å². The van der Waals surface area contributed by atoms with E-state index in [2.05, 4.69) is 5.32 Å². The lowest BCUT2D eigenvalue weighted by atomic mass is 9.84. The van der Waals surface area contributed by atoms with Gasteiger partial charge in [0.1, 0.15) is 12.3 Å². The number of rotatable bonds is 8.